The maximum atomic E-state index is 11.4. The van der Waals surface area contributed by atoms with Crippen LogP contribution >= 0.6 is 0 Å². The Morgan fingerprint density at radius 2 is 2.47 bits per heavy atom. The standard InChI is InChI=1S/C11H19N3O/c1-9(8-12)7-11(15)14-6-4-10-3-2-5-13-10/h2-3,5,9,13H,4,6-8,12H2,1H3,(H,14,15). The van der Waals surface area contributed by atoms with E-state index >= 15 is 0 Å². The Morgan fingerprint density at radius 1 is 1.67 bits per heavy atom. The van der Waals surface area contributed by atoms with Crippen molar-refractivity contribution < 1.29 is 4.79 Å². The Bertz CT molecular complexity index is 282. The number of hydrogen-bond donors (Lipinski definition) is 3. The summed E-state index contributed by atoms with van der Waals surface area (Å²) >= 11 is 0. The first kappa shape index (κ1) is 11.8. The zero-order chi connectivity index (χ0) is 11.1. The SMILES string of the molecule is CC(CN)CC(=O)NCCc1ccc[nH]1. The topological polar surface area (TPSA) is 70.9 Å². The van der Waals surface area contributed by atoms with Crippen molar-refractivity contribution in [3.05, 3.63) is 24.0 Å². The van der Waals surface area contributed by atoms with Gasteiger partial charge in [0.15, 0.2) is 0 Å². The number of nitrogens with one attached hydrogen (secondary N) is 2. The fraction of sp³-hybridized carbons (Fsp3) is 0.545. The predicted molar refractivity (Wildman–Crippen MR) is 60.3 cm³/mol. The molecular weight excluding hydrogens is 190 g/mol. The van der Waals surface area contributed by atoms with Crippen LogP contribution in [0.2, 0.25) is 0 Å². The lowest BCUT2D eigenvalue weighted by Crippen LogP contribution is -2.28. The maximum absolute atomic E-state index is 11.4. The summed E-state index contributed by atoms with van der Waals surface area (Å²) in [6.07, 6.45) is 3.24. The largest absolute Gasteiger partial charge is 0.365 e. The van der Waals surface area contributed by atoms with Gasteiger partial charge >= 0.3 is 0 Å². The lowest BCUT2D eigenvalue weighted by Gasteiger charge is -2.08. The van der Waals surface area contributed by atoms with Crippen LogP contribution in [0.15, 0.2) is 18.3 Å². The molecule has 0 aliphatic carbocycles. The zero-order valence-electron chi connectivity index (χ0n) is 9.12. The highest BCUT2D eigenvalue weighted by atomic mass is 16.1. The third kappa shape index (κ3) is 4.65. The highest BCUT2D eigenvalue weighted by Crippen LogP contribution is 1.98. The van der Waals surface area contributed by atoms with E-state index in [4.69, 9.17) is 5.73 Å². The van der Waals surface area contributed by atoms with Crippen molar-refractivity contribution in [2.45, 2.75) is 19.8 Å². The summed E-state index contributed by atoms with van der Waals surface area (Å²) in [5, 5.41) is 2.87. The van der Waals surface area contributed by atoms with Crippen molar-refractivity contribution in [1.82, 2.24) is 10.3 Å². The van der Waals surface area contributed by atoms with Gasteiger partial charge in [0.1, 0.15) is 0 Å². The van der Waals surface area contributed by atoms with Gasteiger partial charge in [0.25, 0.3) is 0 Å². The van der Waals surface area contributed by atoms with Crippen molar-refractivity contribution in [3.63, 3.8) is 0 Å². The Hall–Kier alpha value is -1.29. The van der Waals surface area contributed by atoms with Crippen LogP contribution in [-0.2, 0) is 11.2 Å². The molecule has 1 atom stereocenters. The van der Waals surface area contributed by atoms with Gasteiger partial charge in [-0.15, -0.1) is 0 Å². The third-order valence-corrected chi connectivity index (χ3v) is 2.32. The minimum atomic E-state index is 0.0829. The molecule has 0 saturated carbocycles. The van der Waals surface area contributed by atoms with Crippen molar-refractivity contribution in [2.24, 2.45) is 11.7 Å². The first-order valence-corrected chi connectivity index (χ1v) is 5.31. The first-order valence-electron chi connectivity index (χ1n) is 5.31. The second-order valence-electron chi connectivity index (χ2n) is 3.84. The van der Waals surface area contributed by atoms with Crippen LogP contribution in [0.4, 0.5) is 0 Å². The van der Waals surface area contributed by atoms with E-state index in [0.29, 0.717) is 19.5 Å². The summed E-state index contributed by atoms with van der Waals surface area (Å²) in [6, 6.07) is 3.96. The first-order chi connectivity index (χ1) is 7.22. The minimum Gasteiger partial charge on any atom is -0.365 e. The van der Waals surface area contributed by atoms with Gasteiger partial charge in [0, 0.05) is 31.3 Å². The molecule has 4 heteroatoms. The molecule has 4 N–H and O–H groups in total. The lowest BCUT2D eigenvalue weighted by atomic mass is 10.1. The van der Waals surface area contributed by atoms with E-state index in [1.807, 2.05) is 25.3 Å². The summed E-state index contributed by atoms with van der Waals surface area (Å²) in [7, 11) is 0. The molecule has 0 aromatic carbocycles. The van der Waals surface area contributed by atoms with Crippen LogP contribution in [0.5, 0.6) is 0 Å². The molecule has 1 heterocycles. The number of amides is 1. The van der Waals surface area contributed by atoms with Crippen molar-refractivity contribution in [3.8, 4) is 0 Å². The molecule has 0 aliphatic rings. The summed E-state index contributed by atoms with van der Waals surface area (Å²) in [4.78, 5) is 14.5. The number of carbonyl (C=O) groups is 1. The van der Waals surface area contributed by atoms with Crippen LogP contribution in [0.1, 0.15) is 19.0 Å². The highest BCUT2D eigenvalue weighted by molar-refractivity contribution is 5.76. The molecule has 84 valence electrons. The molecule has 0 bridgehead atoms. The van der Waals surface area contributed by atoms with E-state index in [9.17, 15) is 4.79 Å². The number of nitrogens with two attached hydrogens (primary N) is 1. The average Bonchev–Trinajstić information content (AvgIpc) is 2.70. The Balaban J connectivity index is 2.12. The van der Waals surface area contributed by atoms with Gasteiger partial charge in [-0.3, -0.25) is 4.79 Å². The summed E-state index contributed by atoms with van der Waals surface area (Å²) in [5.74, 6) is 0.343. The fourth-order valence-electron chi connectivity index (χ4n) is 1.33. The Kier molecular flexibility index (Phi) is 4.90. The zero-order valence-corrected chi connectivity index (χ0v) is 9.12. The molecule has 1 aromatic rings. The molecule has 4 nitrogen and oxygen atoms in total. The quantitative estimate of drug-likeness (QED) is 0.644. The number of H-pyrrole nitrogens is 1. The average molecular weight is 209 g/mol. The Labute approximate surface area is 90.2 Å². The van der Waals surface area contributed by atoms with Crippen LogP contribution in [0.3, 0.4) is 0 Å². The molecular formula is C11H19N3O. The van der Waals surface area contributed by atoms with Gasteiger partial charge in [-0.25, -0.2) is 0 Å². The van der Waals surface area contributed by atoms with E-state index in [2.05, 4.69) is 10.3 Å². The number of hydrogen-bond acceptors (Lipinski definition) is 2. The molecule has 1 unspecified atom stereocenters. The van der Waals surface area contributed by atoms with E-state index < -0.39 is 0 Å². The molecule has 0 spiro atoms. The monoisotopic (exact) mass is 209 g/mol. The molecule has 1 amide bonds. The lowest BCUT2D eigenvalue weighted by molar-refractivity contribution is -0.121. The van der Waals surface area contributed by atoms with E-state index in [1.54, 1.807) is 0 Å². The number of rotatable bonds is 6. The predicted octanol–water partition coefficient (Wildman–Crippen LogP) is 0.658. The number of aromatic amines is 1. The highest BCUT2D eigenvalue weighted by Gasteiger charge is 2.06. The summed E-state index contributed by atoms with van der Waals surface area (Å²) in [5.41, 5.74) is 6.58. The molecule has 0 radical (unpaired) electrons. The number of aromatic nitrogens is 1. The molecule has 0 saturated heterocycles. The van der Waals surface area contributed by atoms with E-state index in [1.165, 1.54) is 0 Å². The molecule has 1 rings (SSSR count). The van der Waals surface area contributed by atoms with Gasteiger partial charge in [0.05, 0.1) is 0 Å². The van der Waals surface area contributed by atoms with Crippen LogP contribution in [0.25, 0.3) is 0 Å². The summed E-state index contributed by atoms with van der Waals surface area (Å²) < 4.78 is 0. The molecule has 15 heavy (non-hydrogen) atoms. The maximum Gasteiger partial charge on any atom is 0.220 e. The fourth-order valence-corrected chi connectivity index (χ4v) is 1.33. The van der Waals surface area contributed by atoms with Gasteiger partial charge < -0.3 is 16.0 Å². The molecule has 0 aliphatic heterocycles. The summed E-state index contributed by atoms with van der Waals surface area (Å²) in [6.45, 7) is 3.21. The van der Waals surface area contributed by atoms with Crippen LogP contribution in [-0.4, -0.2) is 24.0 Å². The minimum absolute atomic E-state index is 0.0829. The Morgan fingerprint density at radius 3 is 3.07 bits per heavy atom. The smallest absolute Gasteiger partial charge is 0.220 e. The van der Waals surface area contributed by atoms with Gasteiger partial charge in [-0.05, 0) is 24.6 Å². The third-order valence-electron chi connectivity index (χ3n) is 2.32. The van der Waals surface area contributed by atoms with E-state index in [0.717, 1.165) is 12.1 Å². The van der Waals surface area contributed by atoms with Gasteiger partial charge in [-0.2, -0.15) is 0 Å². The normalized spacial score (nSPS) is 12.4. The number of carbonyl (C=O) groups excluding carboxylic acids is 1. The second kappa shape index (κ2) is 6.24. The van der Waals surface area contributed by atoms with Crippen molar-refractivity contribution >= 4 is 5.91 Å². The van der Waals surface area contributed by atoms with Crippen LogP contribution < -0.4 is 11.1 Å². The van der Waals surface area contributed by atoms with Crippen LogP contribution in [0, 0.1) is 5.92 Å². The van der Waals surface area contributed by atoms with Crippen molar-refractivity contribution in [1.29, 1.82) is 0 Å². The van der Waals surface area contributed by atoms with Gasteiger partial charge in [-0.1, -0.05) is 6.92 Å². The van der Waals surface area contributed by atoms with E-state index in [-0.39, 0.29) is 11.8 Å². The molecule has 0 fully saturated rings. The van der Waals surface area contributed by atoms with Crippen molar-refractivity contribution in [2.75, 3.05) is 13.1 Å². The van der Waals surface area contributed by atoms with Gasteiger partial charge in [0.2, 0.25) is 5.91 Å². The second-order valence-corrected chi connectivity index (χ2v) is 3.84. The molecule has 1 aromatic heterocycles.